The predicted molar refractivity (Wildman–Crippen MR) is 82.8 cm³/mol. The molecule has 0 spiro atoms. The van der Waals surface area contributed by atoms with E-state index in [0.717, 1.165) is 18.2 Å². The molecular formula is C16H14ClF3N2O. The molecule has 0 saturated carbocycles. The molecule has 0 aromatic heterocycles. The van der Waals surface area contributed by atoms with Gasteiger partial charge in [-0.2, -0.15) is 0 Å². The minimum absolute atomic E-state index is 0.0154. The zero-order chi connectivity index (χ0) is 17.0. The Balaban J connectivity index is 1.91. The van der Waals surface area contributed by atoms with Crippen LogP contribution in [0.2, 0.25) is 5.02 Å². The SMILES string of the molecule is C[C@@H](NCC(=O)Nc1ccc(Cl)cc1F)c1ccc(F)c(F)c1. The zero-order valence-corrected chi connectivity index (χ0v) is 12.9. The molecule has 3 nitrogen and oxygen atoms in total. The summed E-state index contributed by atoms with van der Waals surface area (Å²) in [6, 6.07) is 7.02. The molecule has 0 saturated heterocycles. The number of nitrogens with one attached hydrogen (secondary N) is 2. The van der Waals surface area contributed by atoms with Crippen LogP contribution in [0.5, 0.6) is 0 Å². The van der Waals surface area contributed by atoms with Gasteiger partial charge in [0, 0.05) is 11.1 Å². The molecule has 0 aliphatic rings. The molecule has 1 amide bonds. The fourth-order valence-corrected chi connectivity index (χ4v) is 2.09. The first-order valence-electron chi connectivity index (χ1n) is 6.80. The lowest BCUT2D eigenvalue weighted by Gasteiger charge is -2.14. The molecule has 2 aromatic carbocycles. The third kappa shape index (κ3) is 4.71. The number of hydrogen-bond acceptors (Lipinski definition) is 2. The molecule has 0 radical (unpaired) electrons. The highest BCUT2D eigenvalue weighted by Gasteiger charge is 2.12. The molecule has 0 unspecified atom stereocenters. The molecule has 2 aromatic rings. The van der Waals surface area contributed by atoms with Crippen molar-refractivity contribution in [3.8, 4) is 0 Å². The van der Waals surface area contributed by atoms with E-state index < -0.39 is 23.4 Å². The minimum atomic E-state index is -0.955. The van der Waals surface area contributed by atoms with Crippen molar-refractivity contribution in [2.75, 3.05) is 11.9 Å². The molecule has 7 heteroatoms. The monoisotopic (exact) mass is 342 g/mol. The fourth-order valence-electron chi connectivity index (χ4n) is 1.93. The molecule has 1 atom stereocenters. The van der Waals surface area contributed by atoms with Crippen molar-refractivity contribution in [3.63, 3.8) is 0 Å². The summed E-state index contributed by atoms with van der Waals surface area (Å²) in [6.07, 6.45) is 0. The lowest BCUT2D eigenvalue weighted by atomic mass is 10.1. The highest BCUT2D eigenvalue weighted by molar-refractivity contribution is 6.30. The number of carbonyl (C=O) groups is 1. The Hall–Kier alpha value is -2.05. The average molecular weight is 343 g/mol. The van der Waals surface area contributed by atoms with E-state index in [0.29, 0.717) is 5.56 Å². The van der Waals surface area contributed by atoms with Crippen LogP contribution in [0.1, 0.15) is 18.5 Å². The molecule has 0 heterocycles. The Kier molecular flexibility index (Phi) is 5.63. The van der Waals surface area contributed by atoms with Crippen molar-refractivity contribution < 1.29 is 18.0 Å². The second-order valence-corrected chi connectivity index (χ2v) is 5.38. The van der Waals surface area contributed by atoms with Gasteiger partial charge in [0.1, 0.15) is 5.82 Å². The van der Waals surface area contributed by atoms with Crippen molar-refractivity contribution in [2.45, 2.75) is 13.0 Å². The highest BCUT2D eigenvalue weighted by atomic mass is 35.5. The molecule has 122 valence electrons. The second-order valence-electron chi connectivity index (χ2n) is 4.95. The first-order chi connectivity index (χ1) is 10.9. The van der Waals surface area contributed by atoms with E-state index in [1.54, 1.807) is 6.92 Å². The number of anilines is 1. The van der Waals surface area contributed by atoms with Crippen molar-refractivity contribution in [3.05, 3.63) is 64.4 Å². The summed E-state index contributed by atoms with van der Waals surface area (Å²) in [5.41, 5.74) is 0.510. The molecule has 2 rings (SSSR count). The van der Waals surface area contributed by atoms with Crippen molar-refractivity contribution in [2.24, 2.45) is 0 Å². The summed E-state index contributed by atoms with van der Waals surface area (Å²) >= 11 is 5.63. The van der Waals surface area contributed by atoms with Crippen molar-refractivity contribution in [1.82, 2.24) is 5.32 Å². The van der Waals surface area contributed by atoms with Crippen LogP contribution in [0.4, 0.5) is 18.9 Å². The maximum Gasteiger partial charge on any atom is 0.238 e. The number of rotatable bonds is 5. The minimum Gasteiger partial charge on any atom is -0.322 e. The number of benzene rings is 2. The zero-order valence-electron chi connectivity index (χ0n) is 12.2. The van der Waals surface area contributed by atoms with Crippen LogP contribution in [0.15, 0.2) is 36.4 Å². The van der Waals surface area contributed by atoms with Crippen molar-refractivity contribution >= 4 is 23.2 Å². The third-order valence-electron chi connectivity index (χ3n) is 3.22. The van der Waals surface area contributed by atoms with Crippen LogP contribution >= 0.6 is 11.6 Å². The van der Waals surface area contributed by atoms with Gasteiger partial charge in [0.15, 0.2) is 11.6 Å². The standard InChI is InChI=1S/C16H14ClF3N2O/c1-9(10-2-4-12(18)13(19)6-10)21-8-16(23)22-15-5-3-11(17)7-14(15)20/h2-7,9,21H,8H2,1H3,(H,22,23)/t9-/m1/s1. The Labute approximate surface area is 136 Å². The van der Waals surface area contributed by atoms with Gasteiger partial charge in [-0.15, -0.1) is 0 Å². The number of carbonyl (C=O) groups excluding carboxylic acids is 1. The van der Waals surface area contributed by atoms with Gasteiger partial charge in [0.2, 0.25) is 5.91 Å². The fraction of sp³-hybridized carbons (Fsp3) is 0.188. The van der Waals surface area contributed by atoms with Gasteiger partial charge in [0.05, 0.1) is 12.2 Å². The molecule has 0 aliphatic carbocycles. The van der Waals surface area contributed by atoms with Crippen LogP contribution in [0, 0.1) is 17.5 Å². The first kappa shape index (κ1) is 17.3. The maximum absolute atomic E-state index is 13.6. The van der Waals surface area contributed by atoms with Gasteiger partial charge in [-0.3, -0.25) is 4.79 Å². The van der Waals surface area contributed by atoms with Gasteiger partial charge in [-0.1, -0.05) is 17.7 Å². The van der Waals surface area contributed by atoms with E-state index in [9.17, 15) is 18.0 Å². The van der Waals surface area contributed by atoms with E-state index in [4.69, 9.17) is 11.6 Å². The summed E-state index contributed by atoms with van der Waals surface area (Å²) < 4.78 is 39.6. The largest absolute Gasteiger partial charge is 0.322 e. The summed E-state index contributed by atoms with van der Waals surface area (Å²) in [6.45, 7) is 1.57. The van der Waals surface area contributed by atoms with Crippen LogP contribution in [0.3, 0.4) is 0 Å². The summed E-state index contributed by atoms with van der Waals surface area (Å²) in [5, 5.41) is 5.47. The van der Waals surface area contributed by atoms with Gasteiger partial charge in [0.25, 0.3) is 0 Å². The van der Waals surface area contributed by atoms with Gasteiger partial charge in [-0.05, 0) is 42.8 Å². The molecule has 2 N–H and O–H groups in total. The van der Waals surface area contributed by atoms with E-state index >= 15 is 0 Å². The Morgan fingerprint density at radius 3 is 2.48 bits per heavy atom. The van der Waals surface area contributed by atoms with Gasteiger partial charge in [-0.25, -0.2) is 13.2 Å². The molecule has 0 aliphatic heterocycles. The maximum atomic E-state index is 13.6. The third-order valence-corrected chi connectivity index (χ3v) is 3.45. The Morgan fingerprint density at radius 1 is 1.09 bits per heavy atom. The number of halogens is 4. The average Bonchev–Trinajstić information content (AvgIpc) is 2.50. The molecule has 23 heavy (non-hydrogen) atoms. The Bertz CT molecular complexity index is 724. The Morgan fingerprint density at radius 2 is 1.83 bits per heavy atom. The number of amides is 1. The normalized spacial score (nSPS) is 12.0. The van der Waals surface area contributed by atoms with Gasteiger partial charge >= 0.3 is 0 Å². The smallest absolute Gasteiger partial charge is 0.238 e. The topological polar surface area (TPSA) is 41.1 Å². The summed E-state index contributed by atoms with van der Waals surface area (Å²) in [4.78, 5) is 11.8. The van der Waals surface area contributed by atoms with Crippen LogP contribution in [-0.2, 0) is 4.79 Å². The van der Waals surface area contributed by atoms with Crippen LogP contribution < -0.4 is 10.6 Å². The van der Waals surface area contributed by atoms with E-state index in [2.05, 4.69) is 10.6 Å². The van der Waals surface area contributed by atoms with E-state index in [1.807, 2.05) is 0 Å². The lowest BCUT2D eigenvalue weighted by Crippen LogP contribution is -2.30. The predicted octanol–water partition coefficient (Wildman–Crippen LogP) is 4.05. The second kappa shape index (κ2) is 7.48. The van der Waals surface area contributed by atoms with Crippen LogP contribution in [0.25, 0.3) is 0 Å². The van der Waals surface area contributed by atoms with Crippen molar-refractivity contribution in [1.29, 1.82) is 0 Å². The molecular weight excluding hydrogens is 329 g/mol. The first-order valence-corrected chi connectivity index (χ1v) is 7.18. The quantitative estimate of drug-likeness (QED) is 0.860. The lowest BCUT2D eigenvalue weighted by molar-refractivity contribution is -0.115. The summed E-state index contributed by atoms with van der Waals surface area (Å²) in [5.74, 6) is -3.00. The highest BCUT2D eigenvalue weighted by Crippen LogP contribution is 2.19. The van der Waals surface area contributed by atoms with E-state index in [-0.39, 0.29) is 23.3 Å². The summed E-state index contributed by atoms with van der Waals surface area (Å²) in [7, 11) is 0. The van der Waals surface area contributed by atoms with Crippen LogP contribution in [-0.4, -0.2) is 12.5 Å². The van der Waals surface area contributed by atoms with E-state index in [1.165, 1.54) is 18.2 Å². The van der Waals surface area contributed by atoms with Gasteiger partial charge < -0.3 is 10.6 Å². The number of hydrogen-bond donors (Lipinski definition) is 2. The molecule has 0 fully saturated rings. The molecule has 0 bridgehead atoms.